The highest BCUT2D eigenvalue weighted by molar-refractivity contribution is 5.22. The molecule has 2 bridgehead atoms. The number of rotatable bonds is 8. The van der Waals surface area contributed by atoms with Gasteiger partial charge < -0.3 is 4.74 Å². The Morgan fingerprint density at radius 1 is 1.10 bits per heavy atom. The van der Waals surface area contributed by atoms with Crippen LogP contribution in [0, 0.1) is 30.0 Å². The molecule has 1 aliphatic heterocycles. The average molecular weight is 426 g/mol. The first-order valence-corrected chi connectivity index (χ1v) is 11.7. The van der Waals surface area contributed by atoms with Crippen LogP contribution in [-0.2, 0) is 16.7 Å². The van der Waals surface area contributed by atoms with Crippen molar-refractivity contribution in [1.82, 2.24) is 14.9 Å². The minimum Gasteiger partial charge on any atom is -0.381 e. The monoisotopic (exact) mass is 425 g/mol. The van der Waals surface area contributed by atoms with Crippen LogP contribution in [0.2, 0.25) is 0 Å². The lowest BCUT2D eigenvalue weighted by molar-refractivity contribution is -0.0785. The lowest BCUT2D eigenvalue weighted by atomic mass is 9.66. The van der Waals surface area contributed by atoms with Crippen LogP contribution in [0.4, 0.5) is 4.39 Å². The number of aromatic nitrogens is 2. The van der Waals surface area contributed by atoms with E-state index in [2.05, 4.69) is 47.8 Å². The molecule has 4 rings (SSSR count). The van der Waals surface area contributed by atoms with Crippen LogP contribution in [0.25, 0.3) is 0 Å². The van der Waals surface area contributed by atoms with E-state index in [9.17, 15) is 4.39 Å². The normalized spacial score (nSPS) is 26.4. The summed E-state index contributed by atoms with van der Waals surface area (Å²) in [6.45, 7) is 12.5. The van der Waals surface area contributed by atoms with Gasteiger partial charge in [0.1, 0.15) is 5.82 Å². The molecule has 0 spiro atoms. The van der Waals surface area contributed by atoms with Gasteiger partial charge >= 0.3 is 0 Å². The maximum absolute atomic E-state index is 13.3. The van der Waals surface area contributed by atoms with E-state index in [0.717, 1.165) is 50.5 Å². The van der Waals surface area contributed by atoms with Crippen LogP contribution in [0.1, 0.15) is 57.0 Å². The Balaban J connectivity index is 1.53. The fourth-order valence-corrected chi connectivity index (χ4v) is 5.86. The summed E-state index contributed by atoms with van der Waals surface area (Å²) in [5.74, 6) is 0.945. The molecule has 0 amide bonds. The zero-order valence-corrected chi connectivity index (χ0v) is 19.4. The van der Waals surface area contributed by atoms with E-state index in [1.807, 2.05) is 19.2 Å². The zero-order valence-electron chi connectivity index (χ0n) is 19.4. The van der Waals surface area contributed by atoms with E-state index in [4.69, 9.17) is 4.74 Å². The van der Waals surface area contributed by atoms with Crippen LogP contribution in [-0.4, -0.2) is 41.2 Å². The minimum absolute atomic E-state index is 0.0438. The van der Waals surface area contributed by atoms with E-state index in [-0.39, 0.29) is 16.8 Å². The summed E-state index contributed by atoms with van der Waals surface area (Å²) in [5, 5.41) is 0. The first-order valence-electron chi connectivity index (χ1n) is 11.7. The molecule has 0 N–H and O–H groups in total. The van der Waals surface area contributed by atoms with Gasteiger partial charge in [-0.1, -0.05) is 6.07 Å². The van der Waals surface area contributed by atoms with Crippen LogP contribution in [0.3, 0.4) is 0 Å². The number of pyridine rings is 2. The second kappa shape index (κ2) is 8.95. The van der Waals surface area contributed by atoms with Gasteiger partial charge in [-0.3, -0.25) is 14.9 Å². The Hall–Kier alpha value is -1.85. The third-order valence-electron chi connectivity index (χ3n) is 7.99. The molecular formula is C26H36FN3O. The fraction of sp³-hybridized carbons (Fsp3) is 0.615. The molecule has 0 radical (unpaired) electrons. The Bertz CT molecular complexity index is 851. The number of hydrogen-bond acceptors (Lipinski definition) is 4. The molecule has 1 aliphatic carbocycles. The van der Waals surface area contributed by atoms with Crippen molar-refractivity contribution in [2.24, 2.45) is 17.3 Å². The highest BCUT2D eigenvalue weighted by Gasteiger charge is 2.55. The number of hydrogen-bond donors (Lipinski definition) is 0. The van der Waals surface area contributed by atoms with Crippen LogP contribution in [0.5, 0.6) is 0 Å². The van der Waals surface area contributed by atoms with Crippen molar-refractivity contribution < 1.29 is 9.13 Å². The van der Waals surface area contributed by atoms with Gasteiger partial charge in [0.15, 0.2) is 0 Å². The second-order valence-electron chi connectivity index (χ2n) is 9.96. The molecule has 168 valence electrons. The molecule has 0 unspecified atom stereocenters. The first-order chi connectivity index (χ1) is 14.8. The van der Waals surface area contributed by atoms with E-state index in [1.54, 1.807) is 0 Å². The standard InChI is InChI=1S/C26H36FN3O/c1-5-31-18-26(13-12-24-11-10-23(27)15-29-24)21-8-9-22(26)17-30(16-21)25(3,4)20-7-6-19(2)28-14-20/h6-7,10-11,14-15,21-22H,5,8-9,12-13,16-18H2,1-4H3/t21-,22+,26-. The van der Waals surface area contributed by atoms with Gasteiger partial charge in [0.25, 0.3) is 0 Å². The number of likely N-dealkylation sites (tertiary alicyclic amines) is 1. The van der Waals surface area contributed by atoms with Crippen molar-refractivity contribution in [3.05, 3.63) is 59.4 Å². The quantitative estimate of drug-likeness (QED) is 0.586. The van der Waals surface area contributed by atoms with Gasteiger partial charge in [0, 0.05) is 48.2 Å². The Morgan fingerprint density at radius 2 is 1.84 bits per heavy atom. The molecule has 3 heterocycles. The summed E-state index contributed by atoms with van der Waals surface area (Å²) in [6, 6.07) is 7.69. The number of halogens is 1. The van der Waals surface area contributed by atoms with E-state index in [1.165, 1.54) is 30.7 Å². The molecule has 3 atom stereocenters. The molecule has 1 saturated heterocycles. The van der Waals surface area contributed by atoms with Crippen LogP contribution >= 0.6 is 0 Å². The topological polar surface area (TPSA) is 38.2 Å². The summed E-state index contributed by atoms with van der Waals surface area (Å²) < 4.78 is 19.4. The Morgan fingerprint density at radius 3 is 2.42 bits per heavy atom. The summed E-state index contributed by atoms with van der Waals surface area (Å²) >= 11 is 0. The van der Waals surface area contributed by atoms with Crippen molar-refractivity contribution in [3.63, 3.8) is 0 Å². The number of ether oxygens (including phenoxy) is 1. The fourth-order valence-electron chi connectivity index (χ4n) is 5.86. The second-order valence-corrected chi connectivity index (χ2v) is 9.96. The lowest BCUT2D eigenvalue weighted by Gasteiger charge is -2.52. The molecule has 4 nitrogen and oxygen atoms in total. The molecule has 5 heteroatoms. The van der Waals surface area contributed by atoms with Crippen molar-refractivity contribution in [1.29, 1.82) is 0 Å². The number of fused-ring (bicyclic) bond motifs is 2. The molecule has 2 aromatic rings. The largest absolute Gasteiger partial charge is 0.381 e. The minimum atomic E-state index is -0.269. The highest BCUT2D eigenvalue weighted by Crippen LogP contribution is 2.55. The Labute approximate surface area is 186 Å². The molecule has 2 aliphatic rings. The summed E-state index contributed by atoms with van der Waals surface area (Å²) in [6.07, 6.45) is 7.83. The van der Waals surface area contributed by atoms with Gasteiger partial charge in [0.05, 0.1) is 12.8 Å². The van der Waals surface area contributed by atoms with Crippen molar-refractivity contribution in [2.45, 2.75) is 58.9 Å². The lowest BCUT2D eigenvalue weighted by Crippen LogP contribution is -2.56. The van der Waals surface area contributed by atoms with E-state index < -0.39 is 0 Å². The predicted octanol–water partition coefficient (Wildman–Crippen LogP) is 5.16. The summed E-state index contributed by atoms with van der Waals surface area (Å²) in [4.78, 5) is 11.5. The maximum Gasteiger partial charge on any atom is 0.141 e. The first kappa shape index (κ1) is 22.3. The maximum atomic E-state index is 13.3. The molecule has 2 fully saturated rings. The summed E-state index contributed by atoms with van der Waals surface area (Å²) in [7, 11) is 0. The van der Waals surface area contributed by atoms with Crippen molar-refractivity contribution in [3.8, 4) is 0 Å². The van der Waals surface area contributed by atoms with Gasteiger partial charge in [-0.25, -0.2) is 4.39 Å². The van der Waals surface area contributed by atoms with E-state index >= 15 is 0 Å². The van der Waals surface area contributed by atoms with Gasteiger partial charge in [-0.05, 0) is 89.0 Å². The van der Waals surface area contributed by atoms with Gasteiger partial charge in [-0.2, -0.15) is 0 Å². The highest BCUT2D eigenvalue weighted by atomic mass is 19.1. The molecule has 1 saturated carbocycles. The van der Waals surface area contributed by atoms with Crippen molar-refractivity contribution >= 4 is 0 Å². The molecule has 2 aromatic heterocycles. The number of aryl methyl sites for hydroxylation is 2. The van der Waals surface area contributed by atoms with Crippen molar-refractivity contribution in [2.75, 3.05) is 26.3 Å². The smallest absolute Gasteiger partial charge is 0.141 e. The SMILES string of the molecule is CCOC[C@]1(CCc2ccc(F)cn2)[C@@H]2CC[C@H]1CN(C(C)(C)c1ccc(C)nc1)C2. The van der Waals surface area contributed by atoms with Gasteiger partial charge in [0.2, 0.25) is 0 Å². The molecule has 31 heavy (non-hydrogen) atoms. The predicted molar refractivity (Wildman–Crippen MR) is 121 cm³/mol. The number of nitrogens with zero attached hydrogens (tertiary/aromatic N) is 3. The van der Waals surface area contributed by atoms with Gasteiger partial charge in [-0.15, -0.1) is 0 Å². The third-order valence-corrected chi connectivity index (χ3v) is 7.99. The number of piperidine rings is 1. The Kier molecular flexibility index (Phi) is 6.45. The average Bonchev–Trinajstić information content (AvgIpc) is 2.93. The van der Waals surface area contributed by atoms with Crippen LogP contribution < -0.4 is 0 Å². The molecular weight excluding hydrogens is 389 g/mol. The van der Waals surface area contributed by atoms with E-state index in [0.29, 0.717) is 11.8 Å². The molecule has 0 aromatic carbocycles. The third kappa shape index (κ3) is 4.40. The summed E-state index contributed by atoms with van der Waals surface area (Å²) in [5.41, 5.74) is 3.46. The van der Waals surface area contributed by atoms with Crippen LogP contribution in [0.15, 0.2) is 36.7 Å². The zero-order chi connectivity index (χ0) is 22.1.